The van der Waals surface area contributed by atoms with Crippen molar-refractivity contribution in [3.8, 4) is 11.4 Å². The Morgan fingerprint density at radius 2 is 2.10 bits per heavy atom. The number of nitrogens with two attached hydrogens (primary N) is 1. The lowest BCUT2D eigenvalue weighted by Gasteiger charge is -2.11. The largest absolute Gasteiger partial charge is 0.398 e. The Labute approximate surface area is 118 Å². The summed E-state index contributed by atoms with van der Waals surface area (Å²) in [4.78, 5) is 8.91. The number of hydrogen-bond donors (Lipinski definition) is 1. The van der Waals surface area contributed by atoms with E-state index in [2.05, 4.69) is 22.5 Å². The molecule has 0 atom stereocenters. The second kappa shape index (κ2) is 4.96. The van der Waals surface area contributed by atoms with Gasteiger partial charge in [-0.3, -0.25) is 4.98 Å². The third kappa shape index (κ3) is 1.93. The molecule has 0 bridgehead atoms. The van der Waals surface area contributed by atoms with Crippen LogP contribution in [0.2, 0.25) is 0 Å². The van der Waals surface area contributed by atoms with Crippen molar-refractivity contribution in [2.45, 2.75) is 26.8 Å². The van der Waals surface area contributed by atoms with Gasteiger partial charge < -0.3 is 10.3 Å². The molecule has 20 heavy (non-hydrogen) atoms. The number of aryl methyl sites for hydroxylation is 1. The number of hydrogen-bond acceptors (Lipinski definition) is 3. The maximum atomic E-state index is 6.03. The van der Waals surface area contributed by atoms with Gasteiger partial charge in [-0.2, -0.15) is 0 Å². The third-order valence-corrected chi connectivity index (χ3v) is 3.61. The highest BCUT2D eigenvalue weighted by Crippen LogP contribution is 2.29. The van der Waals surface area contributed by atoms with Gasteiger partial charge >= 0.3 is 0 Å². The lowest BCUT2D eigenvalue weighted by molar-refractivity contribution is 0.704. The van der Waals surface area contributed by atoms with E-state index < -0.39 is 0 Å². The molecule has 3 aromatic rings. The Balaban J connectivity index is 2.29. The number of imidazole rings is 1. The predicted molar refractivity (Wildman–Crippen MR) is 82.4 cm³/mol. The fraction of sp³-hybridized carbons (Fsp3) is 0.250. The molecule has 4 heteroatoms. The van der Waals surface area contributed by atoms with Crippen LogP contribution in [0, 0.1) is 6.92 Å². The van der Waals surface area contributed by atoms with E-state index in [0.717, 1.165) is 46.6 Å². The fourth-order valence-corrected chi connectivity index (χ4v) is 2.53. The standard InChI is InChI=1S/C16H18N4/c1-3-9-20-15-7-8-18-10-14(15)19-16(20)12-5-4-6-13(17)11(12)2/h4-8,10H,3,9,17H2,1-2H3. The Hall–Kier alpha value is -2.36. The van der Waals surface area contributed by atoms with Crippen molar-refractivity contribution in [2.75, 3.05) is 5.73 Å². The second-order valence-corrected chi connectivity index (χ2v) is 4.97. The molecule has 0 saturated carbocycles. The van der Waals surface area contributed by atoms with Crippen molar-refractivity contribution in [1.82, 2.24) is 14.5 Å². The van der Waals surface area contributed by atoms with E-state index in [9.17, 15) is 0 Å². The number of pyridine rings is 1. The van der Waals surface area contributed by atoms with Gasteiger partial charge in [0.25, 0.3) is 0 Å². The number of fused-ring (bicyclic) bond motifs is 1. The van der Waals surface area contributed by atoms with Crippen molar-refractivity contribution < 1.29 is 0 Å². The Kier molecular flexibility index (Phi) is 3.14. The highest BCUT2D eigenvalue weighted by Gasteiger charge is 2.14. The normalized spacial score (nSPS) is 11.1. The Morgan fingerprint density at radius 3 is 2.90 bits per heavy atom. The first kappa shape index (κ1) is 12.7. The van der Waals surface area contributed by atoms with E-state index in [1.54, 1.807) is 0 Å². The van der Waals surface area contributed by atoms with E-state index in [0.29, 0.717) is 0 Å². The zero-order chi connectivity index (χ0) is 14.1. The number of aromatic nitrogens is 3. The fourth-order valence-electron chi connectivity index (χ4n) is 2.53. The lowest BCUT2D eigenvalue weighted by Crippen LogP contribution is -2.02. The molecule has 0 aliphatic rings. The maximum absolute atomic E-state index is 6.03. The molecule has 0 fully saturated rings. The third-order valence-electron chi connectivity index (χ3n) is 3.61. The summed E-state index contributed by atoms with van der Waals surface area (Å²) in [5.74, 6) is 0.972. The molecule has 0 aliphatic heterocycles. The molecule has 2 heterocycles. The molecule has 0 amide bonds. The Bertz CT molecular complexity index is 758. The highest BCUT2D eigenvalue weighted by atomic mass is 15.1. The number of nitrogen functional groups attached to an aromatic ring is 1. The van der Waals surface area contributed by atoms with Crippen molar-refractivity contribution in [3.05, 3.63) is 42.2 Å². The summed E-state index contributed by atoms with van der Waals surface area (Å²) in [6.45, 7) is 5.14. The number of anilines is 1. The molecular formula is C16H18N4. The average molecular weight is 266 g/mol. The molecule has 102 valence electrons. The van der Waals surface area contributed by atoms with Crippen LogP contribution in [0.25, 0.3) is 22.4 Å². The van der Waals surface area contributed by atoms with Crippen molar-refractivity contribution in [3.63, 3.8) is 0 Å². The topological polar surface area (TPSA) is 56.7 Å². The molecule has 0 aliphatic carbocycles. The number of nitrogens with zero attached hydrogens (tertiary/aromatic N) is 3. The van der Waals surface area contributed by atoms with Crippen LogP contribution in [-0.4, -0.2) is 14.5 Å². The van der Waals surface area contributed by atoms with Gasteiger partial charge in [0.1, 0.15) is 11.3 Å². The van der Waals surface area contributed by atoms with Crippen LogP contribution in [0.4, 0.5) is 5.69 Å². The quantitative estimate of drug-likeness (QED) is 0.739. The molecule has 0 spiro atoms. The SMILES string of the molecule is CCCn1c(-c2cccc(N)c2C)nc2cnccc21. The first-order chi connectivity index (χ1) is 9.72. The number of rotatable bonds is 3. The minimum atomic E-state index is 0.802. The minimum Gasteiger partial charge on any atom is -0.398 e. The average Bonchev–Trinajstić information content (AvgIpc) is 2.81. The van der Waals surface area contributed by atoms with Gasteiger partial charge in [-0.25, -0.2) is 4.98 Å². The minimum absolute atomic E-state index is 0.802. The molecule has 2 aromatic heterocycles. The molecule has 3 rings (SSSR count). The van der Waals surface area contributed by atoms with Gasteiger partial charge in [0.2, 0.25) is 0 Å². The summed E-state index contributed by atoms with van der Waals surface area (Å²) < 4.78 is 2.25. The van der Waals surface area contributed by atoms with Gasteiger partial charge in [0.05, 0.1) is 11.7 Å². The smallest absolute Gasteiger partial charge is 0.141 e. The molecular weight excluding hydrogens is 248 g/mol. The van der Waals surface area contributed by atoms with E-state index in [1.807, 2.05) is 37.5 Å². The van der Waals surface area contributed by atoms with Gasteiger partial charge in [0, 0.05) is 24.0 Å². The second-order valence-electron chi connectivity index (χ2n) is 4.97. The summed E-state index contributed by atoms with van der Waals surface area (Å²) in [7, 11) is 0. The molecule has 0 radical (unpaired) electrons. The number of benzene rings is 1. The maximum Gasteiger partial charge on any atom is 0.141 e. The summed E-state index contributed by atoms with van der Waals surface area (Å²) in [6.07, 6.45) is 4.68. The summed E-state index contributed by atoms with van der Waals surface area (Å²) >= 11 is 0. The summed E-state index contributed by atoms with van der Waals surface area (Å²) in [5.41, 5.74) is 11.0. The summed E-state index contributed by atoms with van der Waals surface area (Å²) in [6, 6.07) is 7.99. The van der Waals surface area contributed by atoms with Crippen LogP contribution >= 0.6 is 0 Å². The van der Waals surface area contributed by atoms with Gasteiger partial charge in [-0.15, -0.1) is 0 Å². The predicted octanol–water partition coefficient (Wildman–Crippen LogP) is 3.40. The van der Waals surface area contributed by atoms with Crippen LogP contribution in [0.5, 0.6) is 0 Å². The Morgan fingerprint density at radius 1 is 1.25 bits per heavy atom. The molecule has 0 saturated heterocycles. The first-order valence-corrected chi connectivity index (χ1v) is 6.88. The molecule has 2 N–H and O–H groups in total. The van der Waals surface area contributed by atoms with Crippen LogP contribution < -0.4 is 5.73 Å². The summed E-state index contributed by atoms with van der Waals surface area (Å²) in [5, 5.41) is 0. The molecule has 4 nitrogen and oxygen atoms in total. The first-order valence-electron chi connectivity index (χ1n) is 6.88. The molecule has 0 unspecified atom stereocenters. The zero-order valence-corrected chi connectivity index (χ0v) is 11.8. The van der Waals surface area contributed by atoms with Gasteiger partial charge in [-0.05, 0) is 31.0 Å². The van der Waals surface area contributed by atoms with E-state index in [4.69, 9.17) is 10.7 Å². The van der Waals surface area contributed by atoms with Gasteiger partial charge in [-0.1, -0.05) is 19.1 Å². The monoisotopic (exact) mass is 266 g/mol. The van der Waals surface area contributed by atoms with Crippen LogP contribution in [0.1, 0.15) is 18.9 Å². The van der Waals surface area contributed by atoms with Crippen LogP contribution in [-0.2, 0) is 6.54 Å². The van der Waals surface area contributed by atoms with Crippen molar-refractivity contribution in [1.29, 1.82) is 0 Å². The van der Waals surface area contributed by atoms with E-state index in [-0.39, 0.29) is 0 Å². The van der Waals surface area contributed by atoms with Crippen molar-refractivity contribution >= 4 is 16.7 Å². The lowest BCUT2D eigenvalue weighted by atomic mass is 10.1. The van der Waals surface area contributed by atoms with E-state index in [1.165, 1.54) is 0 Å². The van der Waals surface area contributed by atoms with Gasteiger partial charge in [0.15, 0.2) is 0 Å². The zero-order valence-electron chi connectivity index (χ0n) is 11.8. The molecule has 1 aromatic carbocycles. The van der Waals surface area contributed by atoms with E-state index >= 15 is 0 Å². The highest BCUT2D eigenvalue weighted by molar-refractivity contribution is 5.81. The van der Waals surface area contributed by atoms with Crippen LogP contribution in [0.15, 0.2) is 36.7 Å². The van der Waals surface area contributed by atoms with Crippen molar-refractivity contribution in [2.24, 2.45) is 0 Å². The van der Waals surface area contributed by atoms with Crippen LogP contribution in [0.3, 0.4) is 0 Å².